The molecule has 0 radical (unpaired) electrons. The Morgan fingerprint density at radius 1 is 1.04 bits per heavy atom. The SMILES string of the molecule is CCN1CCN(CCCCNC(=O)[C@@H](N)C(C)C)CC1.Cl.Cl.Cl. The van der Waals surface area contributed by atoms with E-state index in [4.69, 9.17) is 5.73 Å². The van der Waals surface area contributed by atoms with Crippen LogP contribution >= 0.6 is 37.2 Å². The Kier molecular flexibility index (Phi) is 19.2. The normalized spacial score (nSPS) is 16.7. The summed E-state index contributed by atoms with van der Waals surface area (Å²) in [6.45, 7) is 14.0. The fraction of sp³-hybridized carbons (Fsp3) is 0.933. The van der Waals surface area contributed by atoms with Gasteiger partial charge in [-0.3, -0.25) is 4.79 Å². The predicted octanol–water partition coefficient (Wildman–Crippen LogP) is 1.77. The molecule has 0 bridgehead atoms. The minimum absolute atomic E-state index is 0. The van der Waals surface area contributed by atoms with Crippen LogP contribution in [0.3, 0.4) is 0 Å². The predicted molar refractivity (Wildman–Crippen MR) is 105 cm³/mol. The van der Waals surface area contributed by atoms with Gasteiger partial charge in [-0.2, -0.15) is 0 Å². The Morgan fingerprint density at radius 2 is 1.57 bits per heavy atom. The molecule has 8 heteroatoms. The molecule has 0 aromatic carbocycles. The highest BCUT2D eigenvalue weighted by molar-refractivity contribution is 5.86. The number of likely N-dealkylation sites (N-methyl/N-ethyl adjacent to an activating group) is 1. The summed E-state index contributed by atoms with van der Waals surface area (Å²) in [7, 11) is 0. The zero-order valence-electron chi connectivity index (χ0n) is 14.6. The van der Waals surface area contributed by atoms with Gasteiger partial charge in [-0.25, -0.2) is 0 Å². The lowest BCUT2D eigenvalue weighted by atomic mass is 10.1. The number of rotatable bonds is 8. The van der Waals surface area contributed by atoms with E-state index < -0.39 is 0 Å². The van der Waals surface area contributed by atoms with E-state index in [1.54, 1.807) is 0 Å². The summed E-state index contributed by atoms with van der Waals surface area (Å²) >= 11 is 0. The lowest BCUT2D eigenvalue weighted by molar-refractivity contribution is -0.123. The Balaban J connectivity index is -0.00000133. The van der Waals surface area contributed by atoms with Crippen molar-refractivity contribution in [2.24, 2.45) is 11.7 Å². The van der Waals surface area contributed by atoms with E-state index >= 15 is 0 Å². The van der Waals surface area contributed by atoms with Gasteiger partial charge >= 0.3 is 0 Å². The van der Waals surface area contributed by atoms with Crippen LogP contribution in [-0.4, -0.2) is 67.6 Å². The standard InChI is InChI=1S/C15H32N4O.3ClH/c1-4-18-9-11-19(12-10-18)8-6-5-7-17-15(20)14(16)13(2)3;;;/h13-14H,4-12,16H2,1-3H3,(H,17,20);3*1H/t14-;;;/m0.../s1. The number of carbonyl (C=O) groups excluding carboxylic acids is 1. The summed E-state index contributed by atoms with van der Waals surface area (Å²) in [5.41, 5.74) is 5.79. The van der Waals surface area contributed by atoms with Crippen LogP contribution in [0.2, 0.25) is 0 Å². The number of carbonyl (C=O) groups is 1. The first-order chi connectivity index (χ1) is 9.54. The van der Waals surface area contributed by atoms with Crippen molar-refractivity contribution >= 4 is 43.1 Å². The number of unbranched alkanes of at least 4 members (excludes halogenated alkanes) is 1. The molecule has 1 aliphatic heterocycles. The highest BCUT2D eigenvalue weighted by Crippen LogP contribution is 2.03. The molecule has 1 aliphatic rings. The van der Waals surface area contributed by atoms with Gasteiger partial charge in [-0.15, -0.1) is 37.2 Å². The molecule has 142 valence electrons. The second-order valence-corrected chi connectivity index (χ2v) is 6.04. The molecule has 1 amide bonds. The zero-order valence-corrected chi connectivity index (χ0v) is 17.1. The topological polar surface area (TPSA) is 61.6 Å². The Morgan fingerprint density at radius 3 is 2.04 bits per heavy atom. The monoisotopic (exact) mass is 392 g/mol. The molecular formula is C15H35Cl3N4O. The molecule has 1 rings (SSSR count). The van der Waals surface area contributed by atoms with Crippen molar-refractivity contribution in [3.05, 3.63) is 0 Å². The van der Waals surface area contributed by atoms with Gasteiger partial charge in [0.2, 0.25) is 5.91 Å². The van der Waals surface area contributed by atoms with E-state index in [2.05, 4.69) is 22.0 Å². The lowest BCUT2D eigenvalue weighted by Gasteiger charge is -2.34. The number of piperazine rings is 1. The van der Waals surface area contributed by atoms with Crippen LogP contribution in [0.15, 0.2) is 0 Å². The average Bonchev–Trinajstić information content (AvgIpc) is 2.46. The number of amides is 1. The van der Waals surface area contributed by atoms with Crippen molar-refractivity contribution in [1.82, 2.24) is 15.1 Å². The van der Waals surface area contributed by atoms with Gasteiger partial charge in [0.15, 0.2) is 0 Å². The fourth-order valence-electron chi connectivity index (χ4n) is 2.42. The third-order valence-corrected chi connectivity index (χ3v) is 4.13. The van der Waals surface area contributed by atoms with Gasteiger partial charge in [0.25, 0.3) is 0 Å². The van der Waals surface area contributed by atoms with E-state index in [0.717, 1.165) is 32.5 Å². The van der Waals surface area contributed by atoms with E-state index in [-0.39, 0.29) is 55.1 Å². The van der Waals surface area contributed by atoms with Crippen molar-refractivity contribution < 1.29 is 4.79 Å². The quantitative estimate of drug-likeness (QED) is 0.617. The van der Waals surface area contributed by atoms with E-state index in [0.29, 0.717) is 0 Å². The van der Waals surface area contributed by atoms with Gasteiger partial charge in [0, 0.05) is 32.7 Å². The molecule has 0 aromatic heterocycles. The number of nitrogens with one attached hydrogen (secondary N) is 1. The van der Waals surface area contributed by atoms with Gasteiger partial charge in [-0.1, -0.05) is 20.8 Å². The fourth-order valence-corrected chi connectivity index (χ4v) is 2.42. The van der Waals surface area contributed by atoms with Crippen molar-refractivity contribution in [1.29, 1.82) is 0 Å². The van der Waals surface area contributed by atoms with Crippen LogP contribution in [0, 0.1) is 5.92 Å². The molecule has 0 spiro atoms. The Labute approximate surface area is 160 Å². The minimum atomic E-state index is -0.378. The van der Waals surface area contributed by atoms with Crippen LogP contribution in [-0.2, 0) is 4.79 Å². The molecule has 1 heterocycles. The molecular weight excluding hydrogens is 359 g/mol. The summed E-state index contributed by atoms with van der Waals surface area (Å²) in [5.74, 6) is 0.182. The van der Waals surface area contributed by atoms with E-state index in [1.807, 2.05) is 13.8 Å². The number of nitrogens with zero attached hydrogens (tertiary/aromatic N) is 2. The van der Waals surface area contributed by atoms with Crippen molar-refractivity contribution in [2.75, 3.05) is 45.8 Å². The molecule has 0 aliphatic carbocycles. The van der Waals surface area contributed by atoms with Crippen LogP contribution in [0.5, 0.6) is 0 Å². The minimum Gasteiger partial charge on any atom is -0.355 e. The number of halogens is 3. The van der Waals surface area contributed by atoms with Crippen LogP contribution < -0.4 is 11.1 Å². The molecule has 3 N–H and O–H groups in total. The van der Waals surface area contributed by atoms with Crippen molar-refractivity contribution in [3.63, 3.8) is 0 Å². The second kappa shape index (κ2) is 15.7. The zero-order chi connectivity index (χ0) is 15.0. The number of hydrogen-bond acceptors (Lipinski definition) is 4. The molecule has 1 saturated heterocycles. The van der Waals surface area contributed by atoms with Crippen LogP contribution in [0.1, 0.15) is 33.6 Å². The first kappa shape index (κ1) is 28.0. The average molecular weight is 394 g/mol. The smallest absolute Gasteiger partial charge is 0.237 e. The molecule has 1 fully saturated rings. The number of hydrogen-bond donors (Lipinski definition) is 2. The third kappa shape index (κ3) is 11.4. The molecule has 0 unspecified atom stereocenters. The first-order valence-electron chi connectivity index (χ1n) is 8.02. The van der Waals surface area contributed by atoms with Crippen LogP contribution in [0.4, 0.5) is 0 Å². The molecule has 0 aromatic rings. The lowest BCUT2D eigenvalue weighted by Crippen LogP contribution is -2.46. The summed E-state index contributed by atoms with van der Waals surface area (Å²) in [6.07, 6.45) is 2.17. The van der Waals surface area contributed by atoms with E-state index in [1.165, 1.54) is 26.2 Å². The molecule has 23 heavy (non-hydrogen) atoms. The third-order valence-electron chi connectivity index (χ3n) is 4.13. The van der Waals surface area contributed by atoms with Gasteiger partial charge in [-0.05, 0) is 31.8 Å². The summed E-state index contributed by atoms with van der Waals surface area (Å²) in [6, 6.07) is -0.378. The van der Waals surface area contributed by atoms with Gasteiger partial charge in [0.1, 0.15) is 0 Å². The Hall–Kier alpha value is 0.220. The first-order valence-corrected chi connectivity index (χ1v) is 8.02. The summed E-state index contributed by atoms with van der Waals surface area (Å²) < 4.78 is 0. The molecule has 0 saturated carbocycles. The van der Waals surface area contributed by atoms with Gasteiger partial charge < -0.3 is 20.9 Å². The van der Waals surface area contributed by atoms with Crippen molar-refractivity contribution in [3.8, 4) is 0 Å². The Bertz CT molecular complexity index is 288. The van der Waals surface area contributed by atoms with E-state index in [9.17, 15) is 4.79 Å². The summed E-state index contributed by atoms with van der Waals surface area (Å²) in [5, 5.41) is 2.93. The molecule has 1 atom stereocenters. The molecule has 5 nitrogen and oxygen atoms in total. The largest absolute Gasteiger partial charge is 0.355 e. The maximum Gasteiger partial charge on any atom is 0.237 e. The second-order valence-electron chi connectivity index (χ2n) is 6.04. The maximum atomic E-state index is 11.7. The highest BCUT2D eigenvalue weighted by atomic mass is 35.5. The number of nitrogens with two attached hydrogens (primary N) is 1. The summed E-state index contributed by atoms with van der Waals surface area (Å²) in [4.78, 5) is 16.7. The van der Waals surface area contributed by atoms with Crippen molar-refractivity contribution in [2.45, 2.75) is 39.7 Å². The van der Waals surface area contributed by atoms with Gasteiger partial charge in [0.05, 0.1) is 6.04 Å². The maximum absolute atomic E-state index is 11.7. The highest BCUT2D eigenvalue weighted by Gasteiger charge is 2.17. The van der Waals surface area contributed by atoms with Crippen LogP contribution in [0.25, 0.3) is 0 Å².